The van der Waals surface area contributed by atoms with E-state index in [4.69, 9.17) is 4.74 Å². The summed E-state index contributed by atoms with van der Waals surface area (Å²) in [6.07, 6.45) is 1.14. The number of aryl methyl sites for hydroxylation is 1. The van der Waals surface area contributed by atoms with Gasteiger partial charge >= 0.3 is 0 Å². The van der Waals surface area contributed by atoms with Crippen LogP contribution in [-0.2, 0) is 0 Å². The molecular weight excluding hydrogens is 326 g/mol. The zero-order valence-electron chi connectivity index (χ0n) is 12.8. The maximum absolute atomic E-state index is 6.03. The predicted octanol–water partition coefficient (Wildman–Crippen LogP) is 5.61. The summed E-state index contributed by atoms with van der Waals surface area (Å²) in [6, 6.07) is 14.7. The Morgan fingerprint density at radius 1 is 1.19 bits per heavy atom. The lowest BCUT2D eigenvalue weighted by atomic mass is 10.1. The Morgan fingerprint density at radius 3 is 2.76 bits per heavy atom. The average molecular weight is 348 g/mol. The minimum atomic E-state index is 0.331. The van der Waals surface area contributed by atoms with E-state index in [1.165, 1.54) is 5.56 Å². The largest absolute Gasteiger partial charge is 0.457 e. The summed E-state index contributed by atoms with van der Waals surface area (Å²) in [4.78, 5) is 0. The summed E-state index contributed by atoms with van der Waals surface area (Å²) in [6.45, 7) is 7.43. The fourth-order valence-electron chi connectivity index (χ4n) is 2.14. The Hall–Kier alpha value is -1.32. The smallest absolute Gasteiger partial charge is 0.131 e. The summed E-state index contributed by atoms with van der Waals surface area (Å²) in [5.41, 5.74) is 2.37. The number of benzene rings is 2. The Bertz CT molecular complexity index is 598. The van der Waals surface area contributed by atoms with E-state index in [0.717, 1.165) is 34.5 Å². The van der Waals surface area contributed by atoms with Crippen molar-refractivity contribution in [2.75, 3.05) is 6.54 Å². The molecule has 112 valence electrons. The fraction of sp³-hybridized carbons (Fsp3) is 0.333. The Kier molecular flexibility index (Phi) is 5.83. The molecule has 0 aliphatic carbocycles. The standard InChI is InChI=1S/C18H22BrNO/c1-4-10-20-14(3)15-6-5-7-17(11-15)21-18-12-16(19)9-8-13(18)2/h5-9,11-12,14,20H,4,10H2,1-3H3. The van der Waals surface area contributed by atoms with Gasteiger partial charge in [0.05, 0.1) is 0 Å². The zero-order valence-corrected chi connectivity index (χ0v) is 14.4. The molecule has 0 spiro atoms. The van der Waals surface area contributed by atoms with E-state index in [2.05, 4.69) is 60.2 Å². The van der Waals surface area contributed by atoms with Gasteiger partial charge < -0.3 is 10.1 Å². The van der Waals surface area contributed by atoms with E-state index >= 15 is 0 Å². The normalized spacial score (nSPS) is 12.2. The Morgan fingerprint density at radius 2 is 2.00 bits per heavy atom. The molecule has 1 N–H and O–H groups in total. The number of hydrogen-bond acceptors (Lipinski definition) is 2. The van der Waals surface area contributed by atoms with Crippen LogP contribution in [0.15, 0.2) is 46.9 Å². The zero-order chi connectivity index (χ0) is 15.2. The van der Waals surface area contributed by atoms with Crippen molar-refractivity contribution in [1.29, 1.82) is 0 Å². The number of nitrogens with one attached hydrogen (secondary N) is 1. The first-order valence-corrected chi connectivity index (χ1v) is 8.16. The molecule has 3 heteroatoms. The maximum Gasteiger partial charge on any atom is 0.131 e. The molecule has 0 radical (unpaired) electrons. The summed E-state index contributed by atoms with van der Waals surface area (Å²) in [7, 11) is 0. The van der Waals surface area contributed by atoms with E-state index in [9.17, 15) is 0 Å². The number of hydrogen-bond donors (Lipinski definition) is 1. The van der Waals surface area contributed by atoms with Crippen molar-refractivity contribution in [3.63, 3.8) is 0 Å². The summed E-state index contributed by atoms with van der Waals surface area (Å²) in [5, 5.41) is 3.50. The maximum atomic E-state index is 6.03. The Labute approximate surface area is 135 Å². The molecule has 0 amide bonds. The molecule has 0 saturated heterocycles. The van der Waals surface area contributed by atoms with E-state index in [-0.39, 0.29) is 0 Å². The van der Waals surface area contributed by atoms with Crippen LogP contribution in [-0.4, -0.2) is 6.54 Å². The first-order chi connectivity index (χ1) is 10.1. The highest BCUT2D eigenvalue weighted by Gasteiger charge is 2.07. The SMILES string of the molecule is CCCNC(C)c1cccc(Oc2cc(Br)ccc2C)c1. The van der Waals surface area contributed by atoms with E-state index in [0.29, 0.717) is 6.04 Å². The van der Waals surface area contributed by atoms with Crippen LogP contribution >= 0.6 is 15.9 Å². The fourth-order valence-corrected chi connectivity index (χ4v) is 2.48. The third kappa shape index (κ3) is 4.58. The molecule has 2 rings (SSSR count). The highest BCUT2D eigenvalue weighted by molar-refractivity contribution is 9.10. The highest BCUT2D eigenvalue weighted by atomic mass is 79.9. The lowest BCUT2D eigenvalue weighted by Gasteiger charge is -2.15. The van der Waals surface area contributed by atoms with Crippen LogP contribution < -0.4 is 10.1 Å². The van der Waals surface area contributed by atoms with Gasteiger partial charge in [-0.2, -0.15) is 0 Å². The van der Waals surface area contributed by atoms with Gasteiger partial charge in [-0.15, -0.1) is 0 Å². The van der Waals surface area contributed by atoms with Crippen LogP contribution in [0.5, 0.6) is 11.5 Å². The quantitative estimate of drug-likeness (QED) is 0.733. The van der Waals surface area contributed by atoms with Crippen LogP contribution in [0.2, 0.25) is 0 Å². The molecule has 2 aromatic carbocycles. The van der Waals surface area contributed by atoms with E-state index < -0.39 is 0 Å². The van der Waals surface area contributed by atoms with Gasteiger partial charge in [0.25, 0.3) is 0 Å². The molecular formula is C18H22BrNO. The first kappa shape index (κ1) is 16.1. The first-order valence-electron chi connectivity index (χ1n) is 7.37. The third-order valence-corrected chi connectivity index (χ3v) is 3.93. The van der Waals surface area contributed by atoms with E-state index in [1.807, 2.05) is 24.3 Å². The monoisotopic (exact) mass is 347 g/mol. The van der Waals surface area contributed by atoms with Crippen molar-refractivity contribution < 1.29 is 4.74 Å². The van der Waals surface area contributed by atoms with Crippen molar-refractivity contribution in [3.05, 3.63) is 58.1 Å². The lowest BCUT2D eigenvalue weighted by Crippen LogP contribution is -2.19. The second kappa shape index (κ2) is 7.62. The molecule has 0 bridgehead atoms. The van der Waals surface area contributed by atoms with Crippen LogP contribution in [0.25, 0.3) is 0 Å². The molecule has 0 aliphatic rings. The lowest BCUT2D eigenvalue weighted by molar-refractivity contribution is 0.475. The van der Waals surface area contributed by atoms with Crippen molar-refractivity contribution in [1.82, 2.24) is 5.32 Å². The second-order valence-electron chi connectivity index (χ2n) is 5.26. The molecule has 2 aromatic rings. The molecule has 0 aliphatic heterocycles. The van der Waals surface area contributed by atoms with Crippen LogP contribution in [0.4, 0.5) is 0 Å². The Balaban J connectivity index is 2.15. The third-order valence-electron chi connectivity index (χ3n) is 3.44. The summed E-state index contributed by atoms with van der Waals surface area (Å²) >= 11 is 3.49. The minimum absolute atomic E-state index is 0.331. The van der Waals surface area contributed by atoms with Gasteiger partial charge in [0, 0.05) is 10.5 Å². The average Bonchev–Trinajstić information content (AvgIpc) is 2.49. The van der Waals surface area contributed by atoms with Crippen LogP contribution in [0.1, 0.15) is 37.4 Å². The molecule has 1 atom stereocenters. The molecule has 2 nitrogen and oxygen atoms in total. The van der Waals surface area contributed by atoms with Gasteiger partial charge in [-0.1, -0.05) is 41.1 Å². The van der Waals surface area contributed by atoms with Crippen LogP contribution in [0.3, 0.4) is 0 Å². The van der Waals surface area contributed by atoms with Gasteiger partial charge in [0.15, 0.2) is 0 Å². The molecule has 1 unspecified atom stereocenters. The molecule has 0 fully saturated rings. The van der Waals surface area contributed by atoms with Crippen molar-refractivity contribution in [2.45, 2.75) is 33.2 Å². The van der Waals surface area contributed by atoms with Crippen molar-refractivity contribution >= 4 is 15.9 Å². The molecule has 0 saturated carbocycles. The van der Waals surface area contributed by atoms with Gasteiger partial charge in [0.2, 0.25) is 0 Å². The second-order valence-corrected chi connectivity index (χ2v) is 6.18. The molecule has 21 heavy (non-hydrogen) atoms. The number of ether oxygens (including phenoxy) is 1. The topological polar surface area (TPSA) is 21.3 Å². The predicted molar refractivity (Wildman–Crippen MR) is 92.1 cm³/mol. The minimum Gasteiger partial charge on any atom is -0.457 e. The van der Waals surface area contributed by atoms with Gasteiger partial charge in [-0.3, -0.25) is 0 Å². The molecule has 0 aromatic heterocycles. The van der Waals surface area contributed by atoms with E-state index in [1.54, 1.807) is 0 Å². The van der Waals surface area contributed by atoms with Gasteiger partial charge in [-0.05, 0) is 62.2 Å². The van der Waals surface area contributed by atoms with Crippen molar-refractivity contribution in [2.24, 2.45) is 0 Å². The number of rotatable bonds is 6. The summed E-state index contributed by atoms with van der Waals surface area (Å²) in [5.74, 6) is 1.76. The van der Waals surface area contributed by atoms with Gasteiger partial charge in [0.1, 0.15) is 11.5 Å². The summed E-state index contributed by atoms with van der Waals surface area (Å²) < 4.78 is 7.05. The van der Waals surface area contributed by atoms with Crippen molar-refractivity contribution in [3.8, 4) is 11.5 Å². The molecule has 0 heterocycles. The highest BCUT2D eigenvalue weighted by Crippen LogP contribution is 2.29. The van der Waals surface area contributed by atoms with Crippen LogP contribution in [0, 0.1) is 6.92 Å². The number of halogens is 1. The van der Waals surface area contributed by atoms with Gasteiger partial charge in [-0.25, -0.2) is 0 Å².